The zero-order valence-electron chi connectivity index (χ0n) is 13.7. The van der Waals surface area contributed by atoms with Crippen LogP contribution < -0.4 is 10.6 Å². The van der Waals surface area contributed by atoms with Gasteiger partial charge in [0, 0.05) is 12.2 Å². The second-order valence-electron chi connectivity index (χ2n) is 6.54. The summed E-state index contributed by atoms with van der Waals surface area (Å²) in [5.74, 6) is 0. The standard InChI is InChI=1S/C19H24N2O/c1-14-9-8-12-16(19(2,3)4)17(14)21-18(22)20-13-15-10-6-5-7-11-15/h5-12H,13H2,1-4H3,(H2,20,21,22). The summed E-state index contributed by atoms with van der Waals surface area (Å²) in [7, 11) is 0. The van der Waals surface area contributed by atoms with Crippen LogP contribution in [0.15, 0.2) is 48.5 Å². The van der Waals surface area contributed by atoms with Crippen LogP contribution in [-0.4, -0.2) is 6.03 Å². The number of anilines is 1. The molecule has 0 aliphatic heterocycles. The molecule has 3 nitrogen and oxygen atoms in total. The summed E-state index contributed by atoms with van der Waals surface area (Å²) in [5, 5.41) is 5.91. The zero-order valence-corrected chi connectivity index (χ0v) is 13.7. The van der Waals surface area contributed by atoms with E-state index in [9.17, 15) is 4.79 Å². The van der Waals surface area contributed by atoms with Gasteiger partial charge < -0.3 is 10.6 Å². The van der Waals surface area contributed by atoms with Gasteiger partial charge in [0.15, 0.2) is 0 Å². The summed E-state index contributed by atoms with van der Waals surface area (Å²) in [4.78, 5) is 12.2. The maximum Gasteiger partial charge on any atom is 0.319 e. The number of para-hydroxylation sites is 1. The second kappa shape index (κ2) is 6.65. The minimum atomic E-state index is -0.177. The van der Waals surface area contributed by atoms with Gasteiger partial charge in [-0.05, 0) is 29.0 Å². The van der Waals surface area contributed by atoms with Gasteiger partial charge in [0.25, 0.3) is 0 Å². The van der Waals surface area contributed by atoms with Crippen LogP contribution in [0.4, 0.5) is 10.5 Å². The van der Waals surface area contributed by atoms with Crippen molar-refractivity contribution in [2.24, 2.45) is 0 Å². The van der Waals surface area contributed by atoms with Gasteiger partial charge in [-0.2, -0.15) is 0 Å². The number of hydrogen-bond donors (Lipinski definition) is 2. The molecule has 0 heterocycles. The minimum Gasteiger partial charge on any atom is -0.334 e. The van der Waals surface area contributed by atoms with E-state index in [-0.39, 0.29) is 11.4 Å². The molecule has 2 rings (SSSR count). The number of hydrogen-bond acceptors (Lipinski definition) is 1. The predicted octanol–water partition coefficient (Wildman–Crippen LogP) is 4.61. The van der Waals surface area contributed by atoms with Gasteiger partial charge >= 0.3 is 6.03 Å². The fraction of sp³-hybridized carbons (Fsp3) is 0.316. The predicted molar refractivity (Wildman–Crippen MR) is 92.2 cm³/mol. The maximum absolute atomic E-state index is 12.2. The Balaban J connectivity index is 2.09. The first kappa shape index (κ1) is 16.1. The van der Waals surface area contributed by atoms with Crippen LogP contribution in [0.3, 0.4) is 0 Å². The van der Waals surface area contributed by atoms with Gasteiger partial charge in [-0.25, -0.2) is 4.79 Å². The monoisotopic (exact) mass is 296 g/mol. The molecule has 3 heteroatoms. The number of carbonyl (C=O) groups excluding carboxylic acids is 1. The summed E-state index contributed by atoms with van der Waals surface area (Å²) in [6, 6.07) is 15.8. The molecule has 0 aliphatic carbocycles. The number of nitrogens with one attached hydrogen (secondary N) is 2. The molecule has 0 radical (unpaired) electrons. The van der Waals surface area contributed by atoms with Crippen molar-refractivity contribution in [1.29, 1.82) is 0 Å². The largest absolute Gasteiger partial charge is 0.334 e. The summed E-state index contributed by atoms with van der Waals surface area (Å²) >= 11 is 0. The van der Waals surface area contributed by atoms with Gasteiger partial charge in [0.2, 0.25) is 0 Å². The Hall–Kier alpha value is -2.29. The van der Waals surface area contributed by atoms with E-state index in [4.69, 9.17) is 0 Å². The molecule has 2 N–H and O–H groups in total. The molecular formula is C19H24N2O. The Morgan fingerprint density at radius 3 is 2.32 bits per heavy atom. The lowest BCUT2D eigenvalue weighted by atomic mass is 9.84. The van der Waals surface area contributed by atoms with Crippen LogP contribution in [0, 0.1) is 6.92 Å². The molecular weight excluding hydrogens is 272 g/mol. The summed E-state index contributed by atoms with van der Waals surface area (Å²) in [6.45, 7) is 8.98. The number of urea groups is 1. The van der Waals surface area contributed by atoms with Crippen LogP contribution in [0.1, 0.15) is 37.5 Å². The Morgan fingerprint density at radius 2 is 1.68 bits per heavy atom. The first-order valence-corrected chi connectivity index (χ1v) is 7.57. The van der Waals surface area contributed by atoms with E-state index in [2.05, 4.69) is 37.5 Å². The van der Waals surface area contributed by atoms with Gasteiger partial charge in [0.1, 0.15) is 0 Å². The molecule has 0 spiro atoms. The lowest BCUT2D eigenvalue weighted by Gasteiger charge is -2.24. The number of rotatable bonds is 3. The van der Waals surface area contributed by atoms with Crippen molar-refractivity contribution in [2.75, 3.05) is 5.32 Å². The molecule has 0 saturated carbocycles. The van der Waals surface area contributed by atoms with E-state index in [0.29, 0.717) is 6.54 Å². The molecule has 0 bridgehead atoms. The van der Waals surface area contributed by atoms with Crippen molar-refractivity contribution in [3.63, 3.8) is 0 Å². The fourth-order valence-electron chi connectivity index (χ4n) is 2.39. The van der Waals surface area contributed by atoms with Crippen LogP contribution in [0.2, 0.25) is 0 Å². The highest BCUT2D eigenvalue weighted by molar-refractivity contribution is 5.91. The van der Waals surface area contributed by atoms with Crippen LogP contribution in [-0.2, 0) is 12.0 Å². The van der Waals surface area contributed by atoms with E-state index in [1.54, 1.807) is 0 Å². The Labute approximate surface area is 132 Å². The number of amides is 2. The van der Waals surface area contributed by atoms with Crippen molar-refractivity contribution >= 4 is 11.7 Å². The summed E-state index contributed by atoms with van der Waals surface area (Å²) < 4.78 is 0. The van der Waals surface area contributed by atoms with Crippen molar-refractivity contribution in [3.05, 3.63) is 65.2 Å². The zero-order chi connectivity index (χ0) is 16.2. The first-order chi connectivity index (χ1) is 10.4. The Morgan fingerprint density at radius 1 is 1.00 bits per heavy atom. The number of carbonyl (C=O) groups is 1. The quantitative estimate of drug-likeness (QED) is 0.853. The molecule has 0 saturated heterocycles. The topological polar surface area (TPSA) is 41.1 Å². The molecule has 0 aromatic heterocycles. The van der Waals surface area contributed by atoms with Crippen LogP contribution >= 0.6 is 0 Å². The van der Waals surface area contributed by atoms with Gasteiger partial charge in [-0.15, -0.1) is 0 Å². The minimum absolute atomic E-state index is 0.0198. The molecule has 2 aromatic rings. The van der Waals surface area contributed by atoms with E-state index in [1.165, 1.54) is 0 Å². The van der Waals surface area contributed by atoms with Gasteiger partial charge in [-0.3, -0.25) is 0 Å². The average molecular weight is 296 g/mol. The third kappa shape index (κ3) is 4.10. The maximum atomic E-state index is 12.2. The summed E-state index contributed by atoms with van der Waals surface area (Å²) in [6.07, 6.45) is 0. The third-order valence-corrected chi connectivity index (χ3v) is 3.62. The van der Waals surface area contributed by atoms with E-state index in [0.717, 1.165) is 22.4 Å². The van der Waals surface area contributed by atoms with E-state index < -0.39 is 0 Å². The van der Waals surface area contributed by atoms with Gasteiger partial charge in [0.05, 0.1) is 0 Å². The number of aryl methyl sites for hydroxylation is 1. The molecule has 0 unspecified atom stereocenters. The second-order valence-corrected chi connectivity index (χ2v) is 6.54. The lowest BCUT2D eigenvalue weighted by Crippen LogP contribution is -2.30. The normalized spacial score (nSPS) is 11.1. The average Bonchev–Trinajstić information content (AvgIpc) is 2.47. The van der Waals surface area contributed by atoms with Crippen LogP contribution in [0.25, 0.3) is 0 Å². The van der Waals surface area contributed by atoms with Crippen molar-refractivity contribution < 1.29 is 4.79 Å². The van der Waals surface area contributed by atoms with Crippen molar-refractivity contribution in [2.45, 2.75) is 39.7 Å². The highest BCUT2D eigenvalue weighted by Gasteiger charge is 2.20. The molecule has 2 aromatic carbocycles. The highest BCUT2D eigenvalue weighted by Crippen LogP contribution is 2.31. The first-order valence-electron chi connectivity index (χ1n) is 7.57. The van der Waals surface area contributed by atoms with Gasteiger partial charge in [-0.1, -0.05) is 69.3 Å². The molecule has 2 amide bonds. The molecule has 116 valence electrons. The molecule has 0 atom stereocenters. The van der Waals surface area contributed by atoms with E-state index >= 15 is 0 Å². The van der Waals surface area contributed by atoms with Crippen LogP contribution in [0.5, 0.6) is 0 Å². The lowest BCUT2D eigenvalue weighted by molar-refractivity contribution is 0.251. The van der Waals surface area contributed by atoms with E-state index in [1.807, 2.05) is 49.4 Å². The molecule has 22 heavy (non-hydrogen) atoms. The highest BCUT2D eigenvalue weighted by atomic mass is 16.2. The molecule has 0 aliphatic rings. The van der Waals surface area contributed by atoms with Crippen molar-refractivity contribution in [1.82, 2.24) is 5.32 Å². The third-order valence-electron chi connectivity index (χ3n) is 3.62. The van der Waals surface area contributed by atoms with Crippen molar-refractivity contribution in [3.8, 4) is 0 Å². The number of benzene rings is 2. The smallest absolute Gasteiger partial charge is 0.319 e. The SMILES string of the molecule is Cc1cccc(C(C)(C)C)c1NC(=O)NCc1ccccc1. The fourth-order valence-corrected chi connectivity index (χ4v) is 2.39. The molecule has 0 fully saturated rings. The summed E-state index contributed by atoms with van der Waals surface area (Å²) in [5.41, 5.74) is 4.18. The Bertz CT molecular complexity index is 642. The Kier molecular flexibility index (Phi) is 4.86.